The van der Waals surface area contributed by atoms with E-state index in [0.717, 1.165) is 36.2 Å². The minimum atomic E-state index is -0.922. The van der Waals surface area contributed by atoms with Crippen LogP contribution in [0.2, 0.25) is 0 Å². The molecule has 2 aromatic carbocycles. The molecule has 0 bridgehead atoms. The Kier molecular flexibility index (Phi) is 8.51. The first kappa shape index (κ1) is 22.5. The van der Waals surface area contributed by atoms with E-state index in [9.17, 15) is 9.59 Å². The number of hydrogen-bond acceptors (Lipinski definition) is 3. The van der Waals surface area contributed by atoms with Crippen molar-refractivity contribution >= 4 is 17.6 Å². The molecule has 5 heteroatoms. The molecule has 0 unspecified atom stereocenters. The van der Waals surface area contributed by atoms with Crippen LogP contribution in [0.1, 0.15) is 36.2 Å². The van der Waals surface area contributed by atoms with Gasteiger partial charge in [-0.05, 0) is 66.4 Å². The number of anilines is 1. The van der Waals surface area contributed by atoms with Gasteiger partial charge in [0.2, 0.25) is 5.91 Å². The van der Waals surface area contributed by atoms with Gasteiger partial charge < -0.3 is 15.7 Å². The van der Waals surface area contributed by atoms with Gasteiger partial charge in [-0.25, -0.2) is 4.79 Å². The summed E-state index contributed by atoms with van der Waals surface area (Å²) >= 11 is 0. The molecule has 0 radical (unpaired) electrons. The van der Waals surface area contributed by atoms with E-state index in [1.165, 1.54) is 5.56 Å². The zero-order valence-corrected chi connectivity index (χ0v) is 16.3. The van der Waals surface area contributed by atoms with Gasteiger partial charge in [0.25, 0.3) is 0 Å². The van der Waals surface area contributed by atoms with E-state index in [1.807, 2.05) is 29.2 Å². The predicted octanol–water partition coefficient (Wildman–Crippen LogP) is 4.08. The topological polar surface area (TPSA) is 83.6 Å². The van der Waals surface area contributed by atoms with Crippen molar-refractivity contribution in [2.45, 2.75) is 26.7 Å². The van der Waals surface area contributed by atoms with Crippen LogP contribution in [0.5, 0.6) is 0 Å². The van der Waals surface area contributed by atoms with Crippen molar-refractivity contribution in [3.63, 3.8) is 0 Å². The van der Waals surface area contributed by atoms with Gasteiger partial charge in [-0.1, -0.05) is 24.8 Å². The molecular weight excluding hydrogens is 352 g/mol. The maximum absolute atomic E-state index is 11.7. The second-order valence-corrected chi connectivity index (χ2v) is 6.35. The average molecular weight is 378 g/mol. The second-order valence-electron chi connectivity index (χ2n) is 6.35. The summed E-state index contributed by atoms with van der Waals surface area (Å²) in [7, 11) is 0. The highest BCUT2D eigenvalue weighted by atomic mass is 16.4. The molecule has 0 fully saturated rings. The summed E-state index contributed by atoms with van der Waals surface area (Å²) in [5.74, 6) is -0.853. The fourth-order valence-electron chi connectivity index (χ4n) is 2.91. The number of aryl methyl sites for hydroxylation is 1. The van der Waals surface area contributed by atoms with E-state index in [2.05, 4.69) is 25.5 Å². The standard InChI is InChI=1S/C18H17NO3.C3H7N.C2H2/c1-12(20)19-10-2-3-16-11-15(8-9-17(16)19)13-4-6-14(7-5-13)18(21)22;1-3(2)4;1-2/h4-9,11H,2-3,10H2,1H3,(H,21,22);1,4H2,2H3;1-2H. The van der Waals surface area contributed by atoms with Gasteiger partial charge in [-0.2, -0.15) is 0 Å². The van der Waals surface area contributed by atoms with E-state index in [-0.39, 0.29) is 11.5 Å². The number of amides is 1. The molecule has 0 spiro atoms. The lowest BCUT2D eigenvalue weighted by atomic mass is 9.95. The van der Waals surface area contributed by atoms with Crippen LogP contribution in [0, 0.1) is 12.8 Å². The Bertz CT molecular complexity index is 863. The van der Waals surface area contributed by atoms with Crippen LogP contribution in [0.4, 0.5) is 5.69 Å². The minimum Gasteiger partial charge on any atom is -0.478 e. The van der Waals surface area contributed by atoms with Crippen molar-refractivity contribution in [1.82, 2.24) is 0 Å². The smallest absolute Gasteiger partial charge is 0.335 e. The Balaban J connectivity index is 0.000000583. The molecule has 1 aliphatic heterocycles. The maximum atomic E-state index is 11.7. The maximum Gasteiger partial charge on any atom is 0.335 e. The van der Waals surface area contributed by atoms with Crippen LogP contribution in [-0.2, 0) is 11.2 Å². The molecule has 3 N–H and O–H groups in total. The van der Waals surface area contributed by atoms with Crippen LogP contribution < -0.4 is 10.6 Å². The number of carboxylic acids is 1. The average Bonchev–Trinajstić information content (AvgIpc) is 2.68. The van der Waals surface area contributed by atoms with Crippen LogP contribution in [0.25, 0.3) is 11.1 Å². The summed E-state index contributed by atoms with van der Waals surface area (Å²) in [6.07, 6.45) is 9.92. The lowest BCUT2D eigenvalue weighted by Crippen LogP contribution is -2.33. The molecule has 0 saturated carbocycles. The number of nitrogens with zero attached hydrogens (tertiary/aromatic N) is 1. The third-order valence-corrected chi connectivity index (χ3v) is 4.04. The normalized spacial score (nSPS) is 11.6. The summed E-state index contributed by atoms with van der Waals surface area (Å²) in [5, 5.41) is 8.95. The number of carboxylic acid groups (broad SMARTS) is 1. The second kappa shape index (κ2) is 10.6. The van der Waals surface area contributed by atoms with E-state index in [4.69, 9.17) is 10.8 Å². The summed E-state index contributed by atoms with van der Waals surface area (Å²) in [6.45, 7) is 7.45. The van der Waals surface area contributed by atoms with Gasteiger partial charge in [0.1, 0.15) is 0 Å². The largest absolute Gasteiger partial charge is 0.478 e. The van der Waals surface area contributed by atoms with Gasteiger partial charge in [0.15, 0.2) is 0 Å². The molecule has 146 valence electrons. The van der Waals surface area contributed by atoms with Gasteiger partial charge in [0.05, 0.1) is 5.56 Å². The molecule has 1 amide bonds. The van der Waals surface area contributed by atoms with Gasteiger partial charge >= 0.3 is 5.97 Å². The van der Waals surface area contributed by atoms with Gasteiger partial charge in [-0.3, -0.25) is 4.79 Å². The van der Waals surface area contributed by atoms with Crippen molar-refractivity contribution < 1.29 is 14.7 Å². The molecule has 1 aliphatic rings. The van der Waals surface area contributed by atoms with Crippen molar-refractivity contribution in [2.24, 2.45) is 5.73 Å². The lowest BCUT2D eigenvalue weighted by Gasteiger charge is -2.29. The summed E-state index contributed by atoms with van der Waals surface area (Å²) < 4.78 is 0. The number of carbonyl (C=O) groups is 2. The third-order valence-electron chi connectivity index (χ3n) is 4.04. The molecule has 0 aliphatic carbocycles. The van der Waals surface area contributed by atoms with Crippen LogP contribution in [0.15, 0.2) is 54.7 Å². The molecule has 0 aromatic heterocycles. The number of hydrogen-bond donors (Lipinski definition) is 2. The number of rotatable bonds is 2. The van der Waals surface area contributed by atoms with E-state index in [1.54, 1.807) is 26.0 Å². The SMILES string of the molecule is C#C.C=C(C)N.CC(=O)N1CCCc2cc(-c3ccc(C(=O)O)cc3)ccc21. The molecule has 2 aromatic rings. The monoisotopic (exact) mass is 378 g/mol. The van der Waals surface area contributed by atoms with Gasteiger partial charge in [-0.15, -0.1) is 12.8 Å². The first-order chi connectivity index (χ1) is 13.3. The molecule has 28 heavy (non-hydrogen) atoms. The lowest BCUT2D eigenvalue weighted by molar-refractivity contribution is -0.116. The molecule has 0 saturated heterocycles. The number of benzene rings is 2. The molecule has 3 rings (SSSR count). The first-order valence-electron chi connectivity index (χ1n) is 8.78. The number of carbonyl (C=O) groups excluding carboxylic acids is 1. The highest BCUT2D eigenvalue weighted by molar-refractivity contribution is 5.93. The summed E-state index contributed by atoms with van der Waals surface area (Å²) in [6, 6.07) is 12.9. The summed E-state index contributed by atoms with van der Waals surface area (Å²) in [4.78, 5) is 24.4. The molecule has 0 atom stereocenters. The van der Waals surface area contributed by atoms with E-state index in [0.29, 0.717) is 5.70 Å². The number of fused-ring (bicyclic) bond motifs is 1. The number of aromatic carboxylic acids is 1. The Morgan fingerprint density at radius 2 is 1.61 bits per heavy atom. The van der Waals surface area contributed by atoms with E-state index < -0.39 is 5.97 Å². The predicted molar refractivity (Wildman–Crippen MR) is 114 cm³/mol. The van der Waals surface area contributed by atoms with Crippen molar-refractivity contribution in [1.29, 1.82) is 0 Å². The first-order valence-corrected chi connectivity index (χ1v) is 8.78. The highest BCUT2D eigenvalue weighted by Crippen LogP contribution is 2.31. The number of terminal acetylenes is 1. The zero-order valence-electron chi connectivity index (χ0n) is 16.3. The molecule has 5 nitrogen and oxygen atoms in total. The van der Waals surface area contributed by atoms with Crippen molar-refractivity contribution in [3.8, 4) is 24.0 Å². The van der Waals surface area contributed by atoms with Crippen LogP contribution in [-0.4, -0.2) is 23.5 Å². The number of nitrogens with two attached hydrogens (primary N) is 1. The molecule has 1 heterocycles. The van der Waals surface area contributed by atoms with Crippen molar-refractivity contribution in [3.05, 3.63) is 65.9 Å². The third kappa shape index (κ3) is 6.03. The number of allylic oxidation sites excluding steroid dienone is 1. The van der Waals surface area contributed by atoms with Crippen LogP contribution in [0.3, 0.4) is 0 Å². The minimum absolute atomic E-state index is 0.0690. The Morgan fingerprint density at radius 3 is 2.11 bits per heavy atom. The highest BCUT2D eigenvalue weighted by Gasteiger charge is 2.20. The van der Waals surface area contributed by atoms with Crippen molar-refractivity contribution in [2.75, 3.05) is 11.4 Å². The fourth-order valence-corrected chi connectivity index (χ4v) is 2.91. The fraction of sp³-hybridized carbons (Fsp3) is 0.217. The summed E-state index contributed by atoms with van der Waals surface area (Å²) in [5.41, 5.74) is 10.0. The zero-order chi connectivity index (χ0) is 21.3. The Hall–Kier alpha value is -3.52. The Morgan fingerprint density at radius 1 is 1.07 bits per heavy atom. The molecular formula is C23H26N2O3. The van der Waals surface area contributed by atoms with E-state index >= 15 is 0 Å². The van der Waals surface area contributed by atoms with Crippen LogP contribution >= 0.6 is 0 Å². The Labute approximate surface area is 166 Å². The van der Waals surface area contributed by atoms with Gasteiger partial charge in [0, 0.05) is 19.2 Å². The quantitative estimate of drug-likeness (QED) is 0.771.